The molecule has 0 aliphatic heterocycles. The maximum absolute atomic E-state index is 12.3. The van der Waals surface area contributed by atoms with Crippen LogP contribution >= 0.6 is 11.6 Å². The van der Waals surface area contributed by atoms with Gasteiger partial charge in [-0.2, -0.15) is 5.10 Å². The van der Waals surface area contributed by atoms with Gasteiger partial charge in [-0.15, -0.1) is 0 Å². The predicted octanol–water partition coefficient (Wildman–Crippen LogP) is 2.67. The fraction of sp³-hybridized carbons (Fsp3) is 0.111. The topological polar surface area (TPSA) is 76.9 Å². The van der Waals surface area contributed by atoms with Crippen molar-refractivity contribution < 1.29 is 4.79 Å². The van der Waals surface area contributed by atoms with E-state index in [0.717, 1.165) is 15.8 Å². The number of aryl methyl sites for hydroxylation is 1. The van der Waals surface area contributed by atoms with Gasteiger partial charge >= 0.3 is 0 Å². The molecule has 0 atom stereocenters. The first-order valence-corrected chi connectivity index (χ1v) is 7.93. The van der Waals surface area contributed by atoms with E-state index in [0.29, 0.717) is 17.1 Å². The van der Waals surface area contributed by atoms with Crippen LogP contribution in [0.2, 0.25) is 5.02 Å². The summed E-state index contributed by atoms with van der Waals surface area (Å²) >= 11 is 6.00. The summed E-state index contributed by atoms with van der Waals surface area (Å²) in [5, 5.41) is 7.34. The van der Waals surface area contributed by atoms with Crippen molar-refractivity contribution in [3.63, 3.8) is 0 Å². The zero-order valence-corrected chi connectivity index (χ0v) is 14.2. The minimum absolute atomic E-state index is 0.155. The van der Waals surface area contributed by atoms with E-state index >= 15 is 0 Å². The van der Waals surface area contributed by atoms with Crippen LogP contribution in [0.25, 0.3) is 0 Å². The molecule has 0 unspecified atom stereocenters. The van der Waals surface area contributed by atoms with Crippen LogP contribution in [0.5, 0.6) is 0 Å². The van der Waals surface area contributed by atoms with E-state index in [1.165, 1.54) is 19.2 Å². The number of halogens is 1. The highest BCUT2D eigenvalue weighted by Crippen LogP contribution is 2.16. The number of nitrogens with zero attached hydrogens (tertiary/aromatic N) is 3. The maximum atomic E-state index is 12.3. The fourth-order valence-corrected chi connectivity index (χ4v) is 2.57. The monoisotopic (exact) mass is 354 g/mol. The summed E-state index contributed by atoms with van der Waals surface area (Å²) in [6.45, 7) is 0. The number of benzene rings is 1. The minimum atomic E-state index is -0.405. The number of nitrogens with one attached hydrogen (secondary N) is 1. The van der Waals surface area contributed by atoms with Gasteiger partial charge in [-0.3, -0.25) is 14.6 Å². The van der Waals surface area contributed by atoms with Crippen LogP contribution in [-0.2, 0) is 13.5 Å². The Kier molecular flexibility index (Phi) is 4.90. The van der Waals surface area contributed by atoms with Gasteiger partial charge < -0.3 is 5.32 Å². The van der Waals surface area contributed by atoms with Crippen molar-refractivity contribution in [1.29, 1.82) is 0 Å². The van der Waals surface area contributed by atoms with Crippen molar-refractivity contribution in [1.82, 2.24) is 14.8 Å². The second kappa shape index (κ2) is 7.27. The normalized spacial score (nSPS) is 10.5. The summed E-state index contributed by atoms with van der Waals surface area (Å²) in [4.78, 5) is 27.8. The van der Waals surface area contributed by atoms with Crippen LogP contribution in [0, 0.1) is 0 Å². The summed E-state index contributed by atoms with van der Waals surface area (Å²) in [5.41, 5.74) is 2.43. The number of carbonyl (C=O) groups is 1. The molecule has 0 aliphatic carbocycles. The molecule has 0 saturated carbocycles. The highest BCUT2D eigenvalue weighted by molar-refractivity contribution is 6.30. The first-order valence-electron chi connectivity index (χ1n) is 7.55. The smallest absolute Gasteiger partial charge is 0.276 e. The SMILES string of the molecule is Cn1nc(C(=O)Nc2cncc(Cc3cccc(Cl)c3)c2)ccc1=O. The first-order chi connectivity index (χ1) is 12.0. The molecule has 0 radical (unpaired) electrons. The van der Waals surface area contributed by atoms with E-state index < -0.39 is 5.91 Å². The Hall–Kier alpha value is -2.99. The Balaban J connectivity index is 1.76. The second-order valence-corrected chi connectivity index (χ2v) is 5.96. The zero-order chi connectivity index (χ0) is 17.8. The second-order valence-electron chi connectivity index (χ2n) is 5.52. The standard InChI is InChI=1S/C18H15ClN4O2/c1-23-17(24)6-5-16(22-23)18(25)21-15-9-13(10-20-11-15)7-12-3-2-4-14(19)8-12/h2-6,8-11H,7H2,1H3,(H,21,25). The van der Waals surface area contributed by atoms with Crippen molar-refractivity contribution in [3.8, 4) is 0 Å². The van der Waals surface area contributed by atoms with Gasteiger partial charge in [0.2, 0.25) is 0 Å². The molecule has 1 N–H and O–H groups in total. The zero-order valence-electron chi connectivity index (χ0n) is 13.4. The third-order valence-electron chi connectivity index (χ3n) is 3.54. The van der Waals surface area contributed by atoms with Gasteiger partial charge in [0.15, 0.2) is 0 Å². The van der Waals surface area contributed by atoms with Crippen LogP contribution < -0.4 is 10.9 Å². The minimum Gasteiger partial charge on any atom is -0.319 e. The molecule has 0 bridgehead atoms. The Morgan fingerprint density at radius 1 is 1.16 bits per heavy atom. The summed E-state index contributed by atoms with van der Waals surface area (Å²) in [6, 6.07) is 12.1. The number of anilines is 1. The van der Waals surface area contributed by atoms with E-state index in [1.807, 2.05) is 30.3 Å². The van der Waals surface area contributed by atoms with Crippen LogP contribution in [0.4, 0.5) is 5.69 Å². The third-order valence-corrected chi connectivity index (χ3v) is 3.78. The molecule has 0 spiro atoms. The van der Waals surface area contributed by atoms with Gasteiger partial charge in [0.1, 0.15) is 5.69 Å². The lowest BCUT2D eigenvalue weighted by Crippen LogP contribution is -2.23. The van der Waals surface area contributed by atoms with Crippen molar-refractivity contribution in [2.45, 2.75) is 6.42 Å². The summed E-state index contributed by atoms with van der Waals surface area (Å²) in [7, 11) is 1.49. The number of amides is 1. The lowest BCUT2D eigenvalue weighted by Gasteiger charge is -2.07. The van der Waals surface area contributed by atoms with Gasteiger partial charge in [-0.1, -0.05) is 23.7 Å². The lowest BCUT2D eigenvalue weighted by molar-refractivity contribution is 0.102. The van der Waals surface area contributed by atoms with Crippen molar-refractivity contribution in [2.24, 2.45) is 7.05 Å². The molecular formula is C18H15ClN4O2. The van der Waals surface area contributed by atoms with E-state index in [9.17, 15) is 9.59 Å². The highest BCUT2D eigenvalue weighted by atomic mass is 35.5. The molecule has 25 heavy (non-hydrogen) atoms. The van der Waals surface area contributed by atoms with Crippen molar-refractivity contribution in [2.75, 3.05) is 5.32 Å². The first kappa shape index (κ1) is 16.9. The van der Waals surface area contributed by atoms with E-state index in [-0.39, 0.29) is 11.3 Å². The van der Waals surface area contributed by atoms with Crippen molar-refractivity contribution in [3.05, 3.63) is 87.1 Å². The van der Waals surface area contributed by atoms with E-state index in [1.54, 1.807) is 12.4 Å². The Morgan fingerprint density at radius 3 is 2.76 bits per heavy atom. The van der Waals surface area contributed by atoms with E-state index in [4.69, 9.17) is 11.6 Å². The Morgan fingerprint density at radius 2 is 2.00 bits per heavy atom. The Bertz CT molecular complexity index is 985. The number of carbonyl (C=O) groups excluding carboxylic acids is 1. The maximum Gasteiger partial charge on any atom is 0.276 e. The number of hydrogen-bond donors (Lipinski definition) is 1. The molecular weight excluding hydrogens is 340 g/mol. The predicted molar refractivity (Wildman–Crippen MR) is 95.9 cm³/mol. The summed E-state index contributed by atoms with van der Waals surface area (Å²) < 4.78 is 1.11. The molecule has 1 aromatic carbocycles. The fourth-order valence-electron chi connectivity index (χ4n) is 2.35. The molecule has 1 amide bonds. The van der Waals surface area contributed by atoms with Gasteiger partial charge in [0, 0.05) is 24.3 Å². The molecule has 0 fully saturated rings. The van der Waals surface area contributed by atoms with Crippen LogP contribution in [0.3, 0.4) is 0 Å². The average molecular weight is 355 g/mol. The van der Waals surface area contributed by atoms with Crippen molar-refractivity contribution >= 4 is 23.2 Å². The Labute approximate surface area is 149 Å². The number of pyridine rings is 1. The molecule has 2 aromatic heterocycles. The molecule has 6 nitrogen and oxygen atoms in total. The van der Waals surface area contributed by atoms with Gasteiger partial charge in [0.25, 0.3) is 11.5 Å². The molecule has 3 aromatic rings. The van der Waals surface area contributed by atoms with Crippen LogP contribution in [-0.4, -0.2) is 20.7 Å². The highest BCUT2D eigenvalue weighted by Gasteiger charge is 2.10. The molecule has 3 rings (SSSR count). The summed E-state index contributed by atoms with van der Waals surface area (Å²) in [5.74, 6) is -0.405. The quantitative estimate of drug-likeness (QED) is 0.781. The molecule has 0 aliphatic rings. The molecule has 0 saturated heterocycles. The summed E-state index contributed by atoms with van der Waals surface area (Å²) in [6.07, 6.45) is 3.94. The van der Waals surface area contributed by atoms with Crippen LogP contribution in [0.15, 0.2) is 59.7 Å². The third kappa shape index (κ3) is 4.30. The van der Waals surface area contributed by atoms with Gasteiger partial charge in [-0.05, 0) is 41.8 Å². The molecule has 126 valence electrons. The number of aromatic nitrogens is 3. The molecule has 2 heterocycles. The number of rotatable bonds is 4. The number of hydrogen-bond acceptors (Lipinski definition) is 4. The lowest BCUT2D eigenvalue weighted by atomic mass is 10.1. The van der Waals surface area contributed by atoms with Crippen LogP contribution in [0.1, 0.15) is 21.6 Å². The van der Waals surface area contributed by atoms with Gasteiger partial charge in [-0.25, -0.2) is 4.68 Å². The average Bonchev–Trinajstić information content (AvgIpc) is 2.57. The van der Waals surface area contributed by atoms with E-state index in [2.05, 4.69) is 15.4 Å². The van der Waals surface area contributed by atoms with Gasteiger partial charge in [0.05, 0.1) is 11.9 Å². The largest absolute Gasteiger partial charge is 0.319 e. The molecule has 7 heteroatoms.